The molecule has 2 aromatic carbocycles. The average molecular weight is 521 g/mol. The number of aliphatic carboxylic acids is 1. The van der Waals surface area contributed by atoms with Crippen LogP contribution in [0.2, 0.25) is 0 Å². The van der Waals surface area contributed by atoms with E-state index >= 15 is 0 Å². The zero-order valence-electron chi connectivity index (χ0n) is 19.5. The lowest BCUT2D eigenvalue weighted by molar-refractivity contribution is -0.142. The van der Waals surface area contributed by atoms with Crippen LogP contribution >= 0.6 is 0 Å². The van der Waals surface area contributed by atoms with Crippen molar-refractivity contribution < 1.29 is 42.9 Å². The molecule has 0 spiro atoms. The van der Waals surface area contributed by atoms with E-state index in [1.807, 2.05) is 13.0 Å². The summed E-state index contributed by atoms with van der Waals surface area (Å²) in [5.74, 6) is -4.62. The molecule has 2 rings (SSSR count). The first-order valence-corrected chi connectivity index (χ1v) is 12.5. The van der Waals surface area contributed by atoms with Gasteiger partial charge < -0.3 is 25.4 Å². The molecule has 0 bridgehead atoms. The Labute approximate surface area is 208 Å². The van der Waals surface area contributed by atoms with Gasteiger partial charge in [-0.05, 0) is 43.5 Å². The predicted molar refractivity (Wildman–Crippen MR) is 128 cm³/mol. The van der Waals surface area contributed by atoms with Crippen LogP contribution in [0, 0.1) is 6.92 Å². The minimum Gasteiger partial charge on any atom is -0.507 e. The molecule has 0 radical (unpaired) electrons. The Kier molecular flexibility index (Phi) is 10.1. The smallest absolute Gasteiger partial charge is 0.339 e. The predicted octanol–water partition coefficient (Wildman–Crippen LogP) is 1.79. The molecule has 11 nitrogen and oxygen atoms in total. The van der Waals surface area contributed by atoms with E-state index in [-0.39, 0.29) is 24.3 Å². The number of carboxylic acids is 2. The van der Waals surface area contributed by atoms with Crippen LogP contribution in [0.4, 0.5) is 0 Å². The summed E-state index contributed by atoms with van der Waals surface area (Å²) in [5.41, 5.74) is 1.02. The number of rotatable bonds is 14. The average Bonchev–Trinajstić information content (AvgIpc) is 2.80. The lowest BCUT2D eigenvalue weighted by Gasteiger charge is -2.20. The molecule has 2 atom stereocenters. The van der Waals surface area contributed by atoms with Crippen molar-refractivity contribution in [3.63, 3.8) is 0 Å². The largest absolute Gasteiger partial charge is 0.507 e. The fourth-order valence-electron chi connectivity index (χ4n) is 3.54. The second kappa shape index (κ2) is 12.8. The van der Waals surface area contributed by atoms with Crippen molar-refractivity contribution in [1.82, 2.24) is 10.0 Å². The monoisotopic (exact) mass is 520 g/mol. The quantitative estimate of drug-likeness (QED) is 0.183. The Morgan fingerprint density at radius 1 is 1.06 bits per heavy atom. The number of hydrogen-bond donors (Lipinski definition) is 5. The Bertz CT molecular complexity index is 1230. The van der Waals surface area contributed by atoms with Gasteiger partial charge in [0.1, 0.15) is 23.6 Å². The summed E-state index contributed by atoms with van der Waals surface area (Å²) >= 11 is 0. The molecule has 2 aromatic rings. The van der Waals surface area contributed by atoms with Crippen molar-refractivity contribution in [2.75, 3.05) is 6.54 Å². The standard InChI is InChI=1S/C24H28N2O9S/c1-15-5-4-6-16(13-15)18(22(29)26-20(10-12-27)24(32)33)7-2-3-11-25-36(34,35)17-8-9-21(28)19(14-17)23(30)31/h4-6,8-9,12-14,18,20,25,28H,2-3,7,10-11H2,1H3,(H,26,29)(H,30,31)(H,32,33)/t18?,20-/m0/s1. The molecule has 194 valence electrons. The molecule has 1 unspecified atom stereocenters. The minimum absolute atomic E-state index is 0.00331. The first-order valence-electron chi connectivity index (χ1n) is 11.1. The highest BCUT2D eigenvalue weighted by atomic mass is 32.2. The molecule has 12 heteroatoms. The van der Waals surface area contributed by atoms with E-state index < -0.39 is 51.1 Å². The molecular weight excluding hydrogens is 492 g/mol. The summed E-state index contributed by atoms with van der Waals surface area (Å²) < 4.78 is 27.3. The van der Waals surface area contributed by atoms with Gasteiger partial charge >= 0.3 is 11.9 Å². The van der Waals surface area contributed by atoms with Crippen LogP contribution in [0.25, 0.3) is 0 Å². The van der Waals surface area contributed by atoms with Crippen molar-refractivity contribution in [1.29, 1.82) is 0 Å². The third-order valence-corrected chi connectivity index (χ3v) is 6.89. The maximum atomic E-state index is 12.9. The Hall–Kier alpha value is -3.77. The number of amides is 1. The third kappa shape index (κ3) is 7.89. The van der Waals surface area contributed by atoms with Gasteiger partial charge in [0.05, 0.1) is 10.8 Å². The van der Waals surface area contributed by atoms with Crippen LogP contribution in [0.5, 0.6) is 5.75 Å². The van der Waals surface area contributed by atoms with Gasteiger partial charge in [-0.3, -0.25) is 4.79 Å². The third-order valence-electron chi connectivity index (χ3n) is 5.43. The van der Waals surface area contributed by atoms with Gasteiger partial charge in [-0.2, -0.15) is 0 Å². The highest BCUT2D eigenvalue weighted by Crippen LogP contribution is 2.24. The number of aldehydes is 1. The topological polar surface area (TPSA) is 187 Å². The zero-order valence-corrected chi connectivity index (χ0v) is 20.3. The zero-order chi connectivity index (χ0) is 26.9. The van der Waals surface area contributed by atoms with Crippen LogP contribution < -0.4 is 10.0 Å². The van der Waals surface area contributed by atoms with Crippen LogP contribution in [0.3, 0.4) is 0 Å². The van der Waals surface area contributed by atoms with Crippen molar-refractivity contribution in [2.45, 2.75) is 49.5 Å². The molecule has 0 heterocycles. The molecule has 0 saturated heterocycles. The SMILES string of the molecule is Cc1cccc(C(CCCCNS(=O)(=O)c2ccc(O)c(C(=O)O)c2)C(=O)N[C@@H](CC=O)C(=O)O)c1. The van der Waals surface area contributed by atoms with Gasteiger partial charge in [0.25, 0.3) is 0 Å². The fraction of sp³-hybridized carbons (Fsp3) is 0.333. The summed E-state index contributed by atoms with van der Waals surface area (Å²) in [6, 6.07) is 8.72. The molecule has 36 heavy (non-hydrogen) atoms. The van der Waals surface area contributed by atoms with Gasteiger partial charge in [-0.15, -0.1) is 0 Å². The number of sulfonamides is 1. The second-order valence-corrected chi connectivity index (χ2v) is 9.91. The van der Waals surface area contributed by atoms with E-state index in [1.165, 1.54) is 0 Å². The number of carbonyl (C=O) groups is 4. The van der Waals surface area contributed by atoms with E-state index in [4.69, 9.17) is 5.11 Å². The normalized spacial score (nSPS) is 12.9. The van der Waals surface area contributed by atoms with Crippen molar-refractivity contribution in [2.24, 2.45) is 0 Å². The molecule has 0 fully saturated rings. The first kappa shape index (κ1) is 28.5. The molecule has 0 aliphatic heterocycles. The molecule has 5 N–H and O–H groups in total. The van der Waals surface area contributed by atoms with Crippen molar-refractivity contribution >= 4 is 34.2 Å². The summed E-state index contributed by atoms with van der Waals surface area (Å²) in [5, 5.41) is 30.3. The number of aryl methyl sites for hydroxylation is 1. The van der Waals surface area contributed by atoms with Crippen molar-refractivity contribution in [3.8, 4) is 5.75 Å². The number of hydrogen-bond acceptors (Lipinski definition) is 7. The highest BCUT2D eigenvalue weighted by molar-refractivity contribution is 7.89. The lowest BCUT2D eigenvalue weighted by atomic mass is 9.91. The number of nitrogens with one attached hydrogen (secondary N) is 2. The van der Waals surface area contributed by atoms with Crippen LogP contribution in [0.1, 0.15) is 53.1 Å². The molecule has 0 saturated carbocycles. The summed E-state index contributed by atoms with van der Waals surface area (Å²) in [6.45, 7) is 1.84. The number of aromatic hydroxyl groups is 1. The number of benzene rings is 2. The highest BCUT2D eigenvalue weighted by Gasteiger charge is 2.26. The van der Waals surface area contributed by atoms with E-state index in [1.54, 1.807) is 18.2 Å². The molecule has 0 aliphatic rings. The second-order valence-electron chi connectivity index (χ2n) is 8.15. The Morgan fingerprint density at radius 2 is 1.78 bits per heavy atom. The summed E-state index contributed by atoms with van der Waals surface area (Å²) in [4.78, 5) is 45.8. The summed E-state index contributed by atoms with van der Waals surface area (Å²) in [6.07, 6.45) is 1.06. The van der Waals surface area contributed by atoms with E-state index in [9.17, 15) is 37.8 Å². The van der Waals surface area contributed by atoms with Crippen molar-refractivity contribution in [3.05, 3.63) is 59.2 Å². The maximum Gasteiger partial charge on any atom is 0.339 e. The first-order chi connectivity index (χ1) is 17.0. The van der Waals surface area contributed by atoms with Crippen LogP contribution in [0.15, 0.2) is 47.4 Å². The van der Waals surface area contributed by atoms with Crippen LogP contribution in [-0.2, 0) is 24.4 Å². The van der Waals surface area contributed by atoms with Gasteiger partial charge in [0.2, 0.25) is 15.9 Å². The Morgan fingerprint density at radius 3 is 2.39 bits per heavy atom. The molecule has 0 aliphatic carbocycles. The lowest BCUT2D eigenvalue weighted by Crippen LogP contribution is -2.43. The van der Waals surface area contributed by atoms with E-state index in [0.29, 0.717) is 24.7 Å². The maximum absolute atomic E-state index is 12.9. The van der Waals surface area contributed by atoms with Crippen LogP contribution in [-0.4, -0.2) is 60.5 Å². The van der Waals surface area contributed by atoms with Gasteiger partial charge in [-0.25, -0.2) is 22.7 Å². The number of unbranched alkanes of at least 4 members (excludes halogenated alkanes) is 1. The van der Waals surface area contributed by atoms with E-state index in [2.05, 4.69) is 10.0 Å². The van der Waals surface area contributed by atoms with Gasteiger partial charge in [-0.1, -0.05) is 36.2 Å². The summed E-state index contributed by atoms with van der Waals surface area (Å²) in [7, 11) is -4.04. The molecular formula is C24H28N2O9S. The Balaban J connectivity index is 2.04. The van der Waals surface area contributed by atoms with Gasteiger partial charge in [0.15, 0.2) is 0 Å². The number of carbonyl (C=O) groups excluding carboxylic acids is 2. The number of aromatic carboxylic acids is 1. The number of carboxylic acid groups (broad SMARTS) is 2. The van der Waals surface area contributed by atoms with E-state index in [0.717, 1.165) is 23.8 Å². The minimum atomic E-state index is -4.04. The molecule has 1 amide bonds. The number of phenols is 1. The van der Waals surface area contributed by atoms with Gasteiger partial charge in [0, 0.05) is 13.0 Å². The fourth-order valence-corrected chi connectivity index (χ4v) is 4.64. The molecule has 0 aromatic heterocycles.